The Labute approximate surface area is 191 Å². The topological polar surface area (TPSA) is 90.0 Å². The van der Waals surface area contributed by atoms with E-state index in [0.717, 1.165) is 4.90 Å². The highest BCUT2D eigenvalue weighted by Crippen LogP contribution is 2.27. The van der Waals surface area contributed by atoms with E-state index in [4.69, 9.17) is 55.9 Å². The summed E-state index contributed by atoms with van der Waals surface area (Å²) in [6, 6.07) is -1.33. The second-order valence-electron chi connectivity index (χ2n) is 7.08. The summed E-state index contributed by atoms with van der Waals surface area (Å²) in [6.45, 7) is 8.38. The summed E-state index contributed by atoms with van der Waals surface area (Å²) in [5, 5.41) is 0. The van der Waals surface area contributed by atoms with Crippen LogP contribution in [0.3, 0.4) is 0 Å². The third-order valence-electron chi connectivity index (χ3n) is 3.71. The van der Waals surface area contributed by atoms with Gasteiger partial charge in [-0.25, -0.2) is 4.79 Å². The van der Waals surface area contributed by atoms with E-state index >= 15 is 0 Å². The predicted molar refractivity (Wildman–Crippen MR) is 112 cm³/mol. The Hall–Kier alpha value is -0.760. The second kappa shape index (κ2) is 12.8. The molecule has 0 aromatic rings. The van der Waals surface area contributed by atoms with Crippen LogP contribution in [-0.4, -0.2) is 57.1 Å². The molecule has 0 aromatic heterocycles. The van der Waals surface area contributed by atoms with E-state index < -0.39 is 58.1 Å². The van der Waals surface area contributed by atoms with E-state index in [9.17, 15) is 19.2 Å². The maximum atomic E-state index is 13.2. The van der Waals surface area contributed by atoms with Gasteiger partial charge in [-0.3, -0.25) is 19.3 Å². The molecule has 0 spiro atoms. The molecule has 0 heterocycles. The summed E-state index contributed by atoms with van der Waals surface area (Å²) in [5.41, 5.74) is 0. The van der Waals surface area contributed by atoms with Crippen molar-refractivity contribution in [3.05, 3.63) is 0 Å². The van der Waals surface area contributed by atoms with Crippen molar-refractivity contribution in [1.29, 1.82) is 0 Å². The zero-order chi connectivity index (χ0) is 22.9. The van der Waals surface area contributed by atoms with Gasteiger partial charge in [-0.05, 0) is 18.3 Å². The van der Waals surface area contributed by atoms with Crippen molar-refractivity contribution in [2.24, 2.45) is 11.8 Å². The fourth-order valence-corrected chi connectivity index (χ4v) is 2.67. The van der Waals surface area contributed by atoms with Crippen LogP contribution in [0.4, 0.5) is 0 Å². The van der Waals surface area contributed by atoms with E-state index in [1.807, 2.05) is 0 Å². The maximum absolute atomic E-state index is 13.2. The monoisotopic (exact) mass is 493 g/mol. The molecule has 7 nitrogen and oxygen atoms in total. The lowest BCUT2D eigenvalue weighted by Gasteiger charge is -2.34. The number of hydrogen-bond acceptors (Lipinski definition) is 6. The first kappa shape index (κ1) is 28.2. The summed E-state index contributed by atoms with van der Waals surface area (Å²) in [5.74, 6) is -4.80. The SMILES string of the molecule is CCC(=O)N(C(=O)C(OC(=O)CCl)C(C)C)[C@@H](CC(C)C)C(=O)OC(Cl)(Cl)CCl. The van der Waals surface area contributed by atoms with E-state index in [1.54, 1.807) is 27.7 Å². The van der Waals surface area contributed by atoms with Gasteiger partial charge in [-0.15, -0.1) is 23.2 Å². The fraction of sp³-hybridized carbons (Fsp3) is 0.778. The average molecular weight is 495 g/mol. The molecule has 0 fully saturated rings. The Balaban J connectivity index is 6.11. The van der Waals surface area contributed by atoms with Crippen molar-refractivity contribution in [2.45, 2.75) is 64.1 Å². The Bertz CT molecular complexity index is 597. The Morgan fingerprint density at radius 2 is 1.59 bits per heavy atom. The van der Waals surface area contributed by atoms with Gasteiger partial charge in [-0.1, -0.05) is 57.8 Å². The molecule has 0 N–H and O–H groups in total. The number of nitrogens with zero attached hydrogens (tertiary/aromatic N) is 1. The molecule has 2 amide bonds. The number of hydrogen-bond donors (Lipinski definition) is 0. The number of rotatable bonds is 11. The number of imide groups is 1. The molecular formula is C18H27Cl4NO6. The van der Waals surface area contributed by atoms with Gasteiger partial charge in [0.15, 0.2) is 6.10 Å². The standard InChI is InChI=1S/C18H27Cl4NO6/c1-6-13(24)23(16(26)15(11(4)5)28-14(25)8-19)12(7-10(2)3)17(27)29-18(21,22)9-20/h10-12,15H,6-9H2,1-5H3/t12-,15?/m0/s1. The molecule has 0 saturated carbocycles. The van der Waals surface area contributed by atoms with Crippen LogP contribution in [0.1, 0.15) is 47.5 Å². The first-order valence-electron chi connectivity index (χ1n) is 9.09. The number of carbonyl (C=O) groups excluding carboxylic acids is 4. The van der Waals surface area contributed by atoms with Crippen LogP contribution in [-0.2, 0) is 28.7 Å². The molecule has 11 heteroatoms. The molecule has 29 heavy (non-hydrogen) atoms. The molecule has 0 aliphatic heterocycles. The lowest BCUT2D eigenvalue weighted by atomic mass is 9.99. The molecule has 0 aliphatic rings. The molecule has 0 rings (SSSR count). The number of amides is 2. The molecule has 2 atom stereocenters. The lowest BCUT2D eigenvalue weighted by molar-refractivity contribution is -0.172. The van der Waals surface area contributed by atoms with Gasteiger partial charge in [0.1, 0.15) is 11.9 Å². The molecule has 0 bridgehead atoms. The Morgan fingerprint density at radius 3 is 1.97 bits per heavy atom. The summed E-state index contributed by atoms with van der Waals surface area (Å²) < 4.78 is 8.09. The van der Waals surface area contributed by atoms with Crippen molar-refractivity contribution < 1.29 is 28.7 Å². The van der Waals surface area contributed by atoms with E-state index in [2.05, 4.69) is 0 Å². The first-order chi connectivity index (χ1) is 13.3. The minimum atomic E-state index is -2.03. The van der Waals surface area contributed by atoms with Crippen molar-refractivity contribution in [3.8, 4) is 0 Å². The third kappa shape index (κ3) is 9.28. The maximum Gasteiger partial charge on any atom is 0.332 e. The molecular weight excluding hydrogens is 468 g/mol. The number of esters is 2. The highest BCUT2D eigenvalue weighted by atomic mass is 35.5. The van der Waals surface area contributed by atoms with Crippen molar-refractivity contribution in [2.75, 3.05) is 11.8 Å². The van der Waals surface area contributed by atoms with Gasteiger partial charge in [0.2, 0.25) is 5.91 Å². The molecule has 168 valence electrons. The lowest BCUT2D eigenvalue weighted by Crippen LogP contribution is -2.55. The summed E-state index contributed by atoms with van der Waals surface area (Å²) >= 11 is 22.7. The normalized spacial score (nSPS) is 13.8. The first-order valence-corrected chi connectivity index (χ1v) is 10.9. The van der Waals surface area contributed by atoms with Gasteiger partial charge in [-0.2, -0.15) is 0 Å². The molecule has 1 unspecified atom stereocenters. The highest BCUT2D eigenvalue weighted by Gasteiger charge is 2.43. The summed E-state index contributed by atoms with van der Waals surface area (Å²) in [4.78, 5) is 51.0. The number of carbonyl (C=O) groups is 4. The molecule has 0 aliphatic carbocycles. The largest absolute Gasteiger partial charge is 0.451 e. The van der Waals surface area contributed by atoms with Gasteiger partial charge in [0.05, 0.1) is 5.88 Å². The Kier molecular flexibility index (Phi) is 12.5. The number of alkyl halides is 4. The number of halogens is 4. The van der Waals surface area contributed by atoms with Crippen LogP contribution < -0.4 is 0 Å². The van der Waals surface area contributed by atoms with Crippen LogP contribution in [0.2, 0.25) is 0 Å². The van der Waals surface area contributed by atoms with Crippen LogP contribution in [0.25, 0.3) is 0 Å². The van der Waals surface area contributed by atoms with Gasteiger partial charge < -0.3 is 9.47 Å². The zero-order valence-corrected chi connectivity index (χ0v) is 20.1. The van der Waals surface area contributed by atoms with Crippen LogP contribution in [0.5, 0.6) is 0 Å². The Morgan fingerprint density at radius 1 is 1.03 bits per heavy atom. The fourth-order valence-electron chi connectivity index (χ4n) is 2.40. The molecule has 0 radical (unpaired) electrons. The van der Waals surface area contributed by atoms with E-state index in [1.165, 1.54) is 6.92 Å². The van der Waals surface area contributed by atoms with Crippen LogP contribution >= 0.6 is 46.4 Å². The van der Waals surface area contributed by atoms with Crippen molar-refractivity contribution >= 4 is 70.2 Å². The minimum absolute atomic E-state index is 0.0791. The second-order valence-corrected chi connectivity index (χ2v) is 9.03. The van der Waals surface area contributed by atoms with Gasteiger partial charge in [0.25, 0.3) is 10.4 Å². The number of ether oxygens (including phenoxy) is 2. The zero-order valence-electron chi connectivity index (χ0n) is 17.0. The van der Waals surface area contributed by atoms with Crippen LogP contribution in [0, 0.1) is 11.8 Å². The quantitative estimate of drug-likeness (QED) is 0.319. The average Bonchev–Trinajstić information content (AvgIpc) is 2.63. The van der Waals surface area contributed by atoms with Gasteiger partial charge >= 0.3 is 11.9 Å². The van der Waals surface area contributed by atoms with Crippen molar-refractivity contribution in [3.63, 3.8) is 0 Å². The highest BCUT2D eigenvalue weighted by molar-refractivity contribution is 6.50. The molecule has 0 saturated heterocycles. The van der Waals surface area contributed by atoms with Crippen molar-refractivity contribution in [1.82, 2.24) is 4.90 Å². The smallest absolute Gasteiger partial charge is 0.332 e. The molecule has 0 aromatic carbocycles. The summed E-state index contributed by atoms with van der Waals surface area (Å²) in [6.07, 6.45) is -1.31. The van der Waals surface area contributed by atoms with E-state index in [0.29, 0.717) is 0 Å². The summed E-state index contributed by atoms with van der Waals surface area (Å²) in [7, 11) is 0. The minimum Gasteiger partial charge on any atom is -0.451 e. The predicted octanol–water partition coefficient (Wildman–Crippen LogP) is 3.89. The third-order valence-corrected chi connectivity index (χ3v) is 5.00. The van der Waals surface area contributed by atoms with Gasteiger partial charge in [0, 0.05) is 6.42 Å². The van der Waals surface area contributed by atoms with Crippen LogP contribution in [0.15, 0.2) is 0 Å². The van der Waals surface area contributed by atoms with E-state index in [-0.39, 0.29) is 18.8 Å².